The molecule has 1 heterocycles. The molecule has 2 rings (SSSR count). The molecule has 0 spiro atoms. The van der Waals surface area contributed by atoms with E-state index in [9.17, 15) is 0 Å². The van der Waals surface area contributed by atoms with E-state index in [0.29, 0.717) is 0 Å². The Kier molecular flexibility index (Phi) is 4.51. The van der Waals surface area contributed by atoms with Gasteiger partial charge >= 0.3 is 0 Å². The van der Waals surface area contributed by atoms with Crippen molar-refractivity contribution in [1.82, 2.24) is 5.32 Å². The Morgan fingerprint density at radius 2 is 2.07 bits per heavy atom. The third-order valence-corrected chi connectivity index (χ3v) is 3.54. The van der Waals surface area contributed by atoms with Crippen LogP contribution in [0.2, 0.25) is 0 Å². The molecule has 0 atom stereocenters. The average molecular weight is 223 g/mol. The Morgan fingerprint density at radius 1 is 1.27 bits per heavy atom. The fourth-order valence-electron chi connectivity index (χ4n) is 1.47. The van der Waals surface area contributed by atoms with Crippen LogP contribution in [0.4, 0.5) is 0 Å². The normalized spacial score (nSPS) is 16.3. The third-order valence-electron chi connectivity index (χ3n) is 2.50. The van der Waals surface area contributed by atoms with E-state index >= 15 is 0 Å². The molecule has 1 aliphatic rings. The van der Waals surface area contributed by atoms with Gasteiger partial charge in [0, 0.05) is 5.75 Å². The van der Waals surface area contributed by atoms with Crippen molar-refractivity contribution in [2.45, 2.75) is 6.61 Å². The van der Waals surface area contributed by atoms with Gasteiger partial charge in [-0.25, -0.2) is 0 Å². The molecule has 0 aromatic heterocycles. The molecular weight excluding hydrogens is 206 g/mol. The van der Waals surface area contributed by atoms with Crippen molar-refractivity contribution in [2.75, 3.05) is 24.8 Å². The molecule has 1 N–H and O–H groups in total. The van der Waals surface area contributed by atoms with Crippen molar-refractivity contribution in [3.05, 3.63) is 35.9 Å². The van der Waals surface area contributed by atoms with Crippen LogP contribution in [0.3, 0.4) is 0 Å². The number of nitrogens with one attached hydrogen (secondary N) is 1. The van der Waals surface area contributed by atoms with Gasteiger partial charge in [0.1, 0.15) is 0 Å². The number of thioether (sulfide) groups is 1. The van der Waals surface area contributed by atoms with Crippen LogP contribution in [-0.4, -0.2) is 24.8 Å². The van der Waals surface area contributed by atoms with E-state index in [0.717, 1.165) is 18.5 Å². The van der Waals surface area contributed by atoms with Crippen LogP contribution in [-0.2, 0) is 11.3 Å². The average Bonchev–Trinajstić information content (AvgIpc) is 2.22. The smallest absolute Gasteiger partial charge is 0.0925 e. The highest BCUT2D eigenvalue weighted by molar-refractivity contribution is 7.99. The minimum absolute atomic E-state index is 0.733. The van der Waals surface area contributed by atoms with Gasteiger partial charge in [0.25, 0.3) is 0 Å². The lowest BCUT2D eigenvalue weighted by molar-refractivity contribution is 0.169. The summed E-state index contributed by atoms with van der Waals surface area (Å²) in [6.07, 6.45) is 0. The molecule has 0 saturated carbocycles. The maximum atomic E-state index is 5.58. The van der Waals surface area contributed by atoms with E-state index in [1.807, 2.05) is 30.0 Å². The zero-order chi connectivity index (χ0) is 10.3. The van der Waals surface area contributed by atoms with Gasteiger partial charge in [0.15, 0.2) is 0 Å². The summed E-state index contributed by atoms with van der Waals surface area (Å²) in [5.74, 6) is 2.91. The number of ether oxygens (including phenoxy) is 1. The summed E-state index contributed by atoms with van der Waals surface area (Å²) in [5.41, 5.74) is 1.25. The molecule has 1 aromatic rings. The van der Waals surface area contributed by atoms with Crippen LogP contribution in [0.1, 0.15) is 5.56 Å². The van der Waals surface area contributed by atoms with E-state index in [1.54, 1.807) is 0 Å². The maximum absolute atomic E-state index is 5.58. The number of benzene rings is 1. The minimum atomic E-state index is 0.733. The van der Waals surface area contributed by atoms with E-state index < -0.39 is 0 Å². The Hall–Kier alpha value is -0.510. The molecule has 0 amide bonds. The summed E-state index contributed by atoms with van der Waals surface area (Å²) in [5, 5.41) is 3.27. The molecule has 0 aliphatic carbocycles. The van der Waals surface area contributed by atoms with Crippen LogP contribution in [0, 0.1) is 5.92 Å². The van der Waals surface area contributed by atoms with E-state index in [-0.39, 0.29) is 0 Å². The van der Waals surface area contributed by atoms with Crippen LogP contribution >= 0.6 is 11.8 Å². The second-order valence-electron chi connectivity index (χ2n) is 3.85. The van der Waals surface area contributed by atoms with Gasteiger partial charge in [-0.2, -0.15) is 0 Å². The second kappa shape index (κ2) is 6.16. The quantitative estimate of drug-likeness (QED) is 0.589. The van der Waals surface area contributed by atoms with Crippen LogP contribution in [0.5, 0.6) is 0 Å². The predicted octanol–water partition coefficient (Wildman–Crippen LogP) is 2.11. The Bertz CT molecular complexity index is 274. The number of hydrogen-bond acceptors (Lipinski definition) is 3. The van der Waals surface area contributed by atoms with E-state index in [4.69, 9.17) is 4.74 Å². The van der Waals surface area contributed by atoms with Gasteiger partial charge < -0.3 is 10.1 Å². The highest BCUT2D eigenvalue weighted by Gasteiger charge is 2.15. The lowest BCUT2D eigenvalue weighted by Crippen LogP contribution is -2.43. The third kappa shape index (κ3) is 3.86. The molecule has 0 unspecified atom stereocenters. The first-order valence-electron chi connectivity index (χ1n) is 5.35. The van der Waals surface area contributed by atoms with Gasteiger partial charge in [0.05, 0.1) is 12.5 Å². The van der Waals surface area contributed by atoms with Crippen molar-refractivity contribution in [1.29, 1.82) is 0 Å². The fourth-order valence-corrected chi connectivity index (χ4v) is 2.34. The lowest BCUT2D eigenvalue weighted by Gasteiger charge is -2.26. The summed E-state index contributed by atoms with van der Waals surface area (Å²) >= 11 is 1.89. The van der Waals surface area contributed by atoms with Gasteiger partial charge in [-0.05, 0) is 24.6 Å². The maximum Gasteiger partial charge on any atom is 0.0925 e. The Morgan fingerprint density at radius 3 is 2.73 bits per heavy atom. The Labute approximate surface area is 95.4 Å². The highest BCUT2D eigenvalue weighted by atomic mass is 32.2. The van der Waals surface area contributed by atoms with E-state index in [1.165, 1.54) is 24.4 Å². The summed E-state index contributed by atoms with van der Waals surface area (Å²) < 4.78 is 5.58. The molecule has 1 fully saturated rings. The molecule has 1 aliphatic heterocycles. The van der Waals surface area contributed by atoms with Gasteiger partial charge in [0.2, 0.25) is 0 Å². The highest BCUT2D eigenvalue weighted by Crippen LogP contribution is 2.13. The van der Waals surface area contributed by atoms with Crippen LogP contribution in [0.15, 0.2) is 30.3 Å². The largest absolute Gasteiger partial charge is 0.366 e. The summed E-state index contributed by atoms with van der Waals surface area (Å²) in [4.78, 5) is 0. The van der Waals surface area contributed by atoms with Gasteiger partial charge in [-0.3, -0.25) is 0 Å². The van der Waals surface area contributed by atoms with Crippen LogP contribution in [0.25, 0.3) is 0 Å². The Balaban J connectivity index is 1.51. The van der Waals surface area contributed by atoms with Crippen molar-refractivity contribution >= 4 is 11.8 Å². The zero-order valence-corrected chi connectivity index (χ0v) is 9.63. The van der Waals surface area contributed by atoms with Crippen molar-refractivity contribution in [2.24, 2.45) is 5.92 Å². The van der Waals surface area contributed by atoms with E-state index in [2.05, 4.69) is 17.4 Å². The van der Waals surface area contributed by atoms with Crippen molar-refractivity contribution < 1.29 is 4.74 Å². The molecule has 3 heteroatoms. The first kappa shape index (κ1) is 11.0. The van der Waals surface area contributed by atoms with Gasteiger partial charge in [-0.1, -0.05) is 30.3 Å². The zero-order valence-electron chi connectivity index (χ0n) is 8.82. The monoisotopic (exact) mass is 223 g/mol. The SMILES string of the molecule is c1ccc(COCSCC2CNC2)cc1. The van der Waals surface area contributed by atoms with Crippen molar-refractivity contribution in [3.8, 4) is 0 Å². The van der Waals surface area contributed by atoms with Crippen molar-refractivity contribution in [3.63, 3.8) is 0 Å². The number of rotatable bonds is 6. The molecular formula is C12H17NOS. The molecule has 15 heavy (non-hydrogen) atoms. The molecule has 82 valence electrons. The van der Waals surface area contributed by atoms with Gasteiger partial charge in [-0.15, -0.1) is 11.8 Å². The molecule has 0 radical (unpaired) electrons. The summed E-state index contributed by atoms with van der Waals surface area (Å²) in [6.45, 7) is 3.11. The van der Waals surface area contributed by atoms with Crippen LogP contribution < -0.4 is 5.32 Å². The molecule has 2 nitrogen and oxygen atoms in total. The summed E-state index contributed by atoms with van der Waals surface area (Å²) in [7, 11) is 0. The second-order valence-corrected chi connectivity index (χ2v) is 4.82. The standard InChI is InChI=1S/C12H17NOS/c1-2-4-11(5-3-1)8-14-10-15-9-12-6-13-7-12/h1-5,12-13H,6-10H2. The lowest BCUT2D eigenvalue weighted by atomic mass is 10.1. The number of hydrogen-bond donors (Lipinski definition) is 1. The topological polar surface area (TPSA) is 21.3 Å². The minimum Gasteiger partial charge on any atom is -0.366 e. The molecule has 1 aromatic carbocycles. The fraction of sp³-hybridized carbons (Fsp3) is 0.500. The predicted molar refractivity (Wildman–Crippen MR) is 64.9 cm³/mol. The molecule has 0 bridgehead atoms. The first-order chi connectivity index (χ1) is 7.45. The first-order valence-corrected chi connectivity index (χ1v) is 6.51. The summed E-state index contributed by atoms with van der Waals surface area (Å²) in [6, 6.07) is 10.3. The molecule has 1 saturated heterocycles.